The third-order valence-corrected chi connectivity index (χ3v) is 14.9. The SMILES string of the molecule is CCCCCCCCCc1cccc2c(S(=O)(=O)[O-])ccc(CCCCCCCCC)c12.CCCCCCCCCc1cccc2c(S(=O)(=O)[O-])ccc(CCCCCCCCC)c12.[Ca+2]. The first-order chi connectivity index (χ1) is 31.0. The van der Waals surface area contributed by atoms with Crippen molar-refractivity contribution in [1.29, 1.82) is 0 Å². The Bertz CT molecular complexity index is 1910. The van der Waals surface area contributed by atoms with Crippen LogP contribution in [0.25, 0.3) is 21.5 Å². The van der Waals surface area contributed by atoms with Gasteiger partial charge in [0, 0.05) is 0 Å². The van der Waals surface area contributed by atoms with Crippen LogP contribution in [0, 0.1) is 0 Å². The van der Waals surface area contributed by atoms with Crippen molar-refractivity contribution in [1.82, 2.24) is 0 Å². The molecule has 0 atom stereocenters. The van der Waals surface area contributed by atoms with Crippen molar-refractivity contribution in [2.75, 3.05) is 0 Å². The molecule has 65 heavy (non-hydrogen) atoms. The number of rotatable bonds is 34. The molecule has 0 saturated heterocycles. The minimum Gasteiger partial charge on any atom is -0.744 e. The first-order valence-corrected chi connectivity index (χ1v) is 28.8. The van der Waals surface area contributed by atoms with E-state index in [-0.39, 0.29) is 47.5 Å². The number of unbranched alkanes of at least 4 members (excludes halogenated alkanes) is 24. The van der Waals surface area contributed by atoms with E-state index in [2.05, 4.69) is 39.8 Å². The van der Waals surface area contributed by atoms with Crippen molar-refractivity contribution in [3.05, 3.63) is 82.9 Å². The molecule has 0 aliphatic rings. The Morgan fingerprint density at radius 2 is 0.554 bits per heavy atom. The predicted octanol–water partition coefficient (Wildman–Crippen LogP) is 16.3. The summed E-state index contributed by atoms with van der Waals surface area (Å²) in [6.07, 6.45) is 38.8. The van der Waals surface area contributed by atoms with Crippen LogP contribution >= 0.6 is 0 Å². The number of aryl methyl sites for hydroxylation is 4. The van der Waals surface area contributed by atoms with Gasteiger partial charge in [-0.1, -0.05) is 230 Å². The van der Waals surface area contributed by atoms with E-state index in [9.17, 15) is 25.9 Å². The summed E-state index contributed by atoms with van der Waals surface area (Å²) in [5.41, 5.74) is 4.78. The van der Waals surface area contributed by atoms with Crippen molar-refractivity contribution in [2.24, 2.45) is 0 Å². The van der Waals surface area contributed by atoms with E-state index in [0.717, 1.165) is 62.1 Å². The summed E-state index contributed by atoms with van der Waals surface area (Å²) in [6, 6.07) is 18.5. The Morgan fingerprint density at radius 3 is 0.800 bits per heavy atom. The third-order valence-electron chi connectivity index (χ3n) is 13.1. The van der Waals surface area contributed by atoms with Crippen molar-refractivity contribution < 1.29 is 25.9 Å². The molecule has 4 aromatic rings. The molecule has 4 aromatic carbocycles. The molecule has 0 fully saturated rings. The number of fused-ring (bicyclic) bond motifs is 2. The molecule has 0 aliphatic heterocycles. The van der Waals surface area contributed by atoms with E-state index in [1.54, 1.807) is 0 Å². The van der Waals surface area contributed by atoms with Crippen LogP contribution in [-0.2, 0) is 45.9 Å². The first-order valence-electron chi connectivity index (χ1n) is 26.0. The summed E-state index contributed by atoms with van der Waals surface area (Å²) in [7, 11) is -8.98. The van der Waals surface area contributed by atoms with Gasteiger partial charge in [0.2, 0.25) is 0 Å². The van der Waals surface area contributed by atoms with Gasteiger partial charge in [-0.25, -0.2) is 16.8 Å². The van der Waals surface area contributed by atoms with Crippen LogP contribution in [0.3, 0.4) is 0 Å². The van der Waals surface area contributed by atoms with E-state index >= 15 is 0 Å². The molecule has 0 amide bonds. The van der Waals surface area contributed by atoms with Gasteiger partial charge in [-0.15, -0.1) is 0 Å². The van der Waals surface area contributed by atoms with Gasteiger partial charge in [0.05, 0.1) is 9.79 Å². The molecule has 0 spiro atoms. The van der Waals surface area contributed by atoms with Gasteiger partial charge >= 0.3 is 37.7 Å². The van der Waals surface area contributed by atoms with E-state index in [4.69, 9.17) is 0 Å². The monoisotopic (exact) mass is 959 g/mol. The van der Waals surface area contributed by atoms with Gasteiger partial charge in [0.15, 0.2) is 0 Å². The normalized spacial score (nSPS) is 11.8. The van der Waals surface area contributed by atoms with Crippen LogP contribution in [0.1, 0.15) is 230 Å². The largest absolute Gasteiger partial charge is 2.00 e. The quantitative estimate of drug-likeness (QED) is 0.0262. The van der Waals surface area contributed by atoms with Gasteiger partial charge < -0.3 is 9.11 Å². The Kier molecular flexibility index (Phi) is 31.8. The third kappa shape index (κ3) is 22.6. The fourth-order valence-electron chi connectivity index (χ4n) is 9.43. The maximum atomic E-state index is 11.9. The van der Waals surface area contributed by atoms with Gasteiger partial charge in [-0.3, -0.25) is 0 Å². The molecule has 0 bridgehead atoms. The van der Waals surface area contributed by atoms with E-state index in [1.807, 2.05) is 36.4 Å². The maximum Gasteiger partial charge on any atom is 2.00 e. The summed E-state index contributed by atoms with van der Waals surface area (Å²) in [4.78, 5) is -0.144. The second kappa shape index (κ2) is 34.7. The molecule has 0 aliphatic carbocycles. The van der Waals surface area contributed by atoms with Crippen molar-refractivity contribution in [2.45, 2.75) is 243 Å². The summed E-state index contributed by atoms with van der Waals surface area (Å²) in [5.74, 6) is 0. The molecule has 9 heteroatoms. The average Bonchev–Trinajstić information content (AvgIpc) is 3.27. The first kappa shape index (κ1) is 59.6. The molecule has 4 rings (SSSR count). The van der Waals surface area contributed by atoms with Crippen molar-refractivity contribution >= 4 is 79.5 Å². The van der Waals surface area contributed by atoms with E-state index in [1.165, 1.54) is 188 Å². The summed E-state index contributed by atoms with van der Waals surface area (Å²) in [6.45, 7) is 8.95. The Morgan fingerprint density at radius 1 is 0.323 bits per heavy atom. The van der Waals surface area contributed by atoms with Crippen LogP contribution in [-0.4, -0.2) is 63.7 Å². The standard InChI is InChI=1S/2C28H44O3S.Ca/c2*1-3-5-7-9-11-13-15-18-24-20-17-21-26-27(32(29,30)31)23-22-25(28(24)26)19-16-14-12-10-8-6-4-2;/h2*17,20-23H,3-16,18-19H2,1-2H3,(H,29,30,31);/q;;+2/p-2. The van der Waals surface area contributed by atoms with Crippen molar-refractivity contribution in [3.63, 3.8) is 0 Å². The van der Waals surface area contributed by atoms with Crippen LogP contribution in [0.4, 0.5) is 0 Å². The summed E-state index contributed by atoms with van der Waals surface area (Å²) < 4.78 is 71.3. The summed E-state index contributed by atoms with van der Waals surface area (Å²) >= 11 is 0. The maximum absolute atomic E-state index is 11.9. The zero-order valence-electron chi connectivity index (χ0n) is 41.4. The molecular formula is C56H86CaO6S2. The van der Waals surface area contributed by atoms with Gasteiger partial charge in [0.1, 0.15) is 20.2 Å². The zero-order valence-corrected chi connectivity index (χ0v) is 45.2. The minimum absolute atomic E-state index is 0. The minimum atomic E-state index is -4.49. The molecule has 0 unspecified atom stereocenters. The second-order valence-corrected chi connectivity index (χ2v) is 21.2. The molecule has 6 nitrogen and oxygen atoms in total. The number of benzene rings is 4. The topological polar surface area (TPSA) is 114 Å². The zero-order chi connectivity index (χ0) is 46.5. The Balaban J connectivity index is 0.000000440. The second-order valence-electron chi connectivity index (χ2n) is 18.5. The molecule has 0 radical (unpaired) electrons. The molecule has 360 valence electrons. The molecule has 0 saturated carbocycles. The Labute approximate surface area is 427 Å². The van der Waals surface area contributed by atoms with Gasteiger partial charge in [0.25, 0.3) is 0 Å². The molecule has 0 N–H and O–H groups in total. The molecule has 0 heterocycles. The smallest absolute Gasteiger partial charge is 0.744 e. The fraction of sp³-hybridized carbons (Fsp3) is 0.643. The molecule has 0 aromatic heterocycles. The summed E-state index contributed by atoms with van der Waals surface area (Å²) in [5, 5.41) is 3.25. The number of hydrogen-bond acceptors (Lipinski definition) is 6. The van der Waals surface area contributed by atoms with Crippen LogP contribution in [0.2, 0.25) is 0 Å². The van der Waals surface area contributed by atoms with E-state index < -0.39 is 20.2 Å². The molecular weight excluding hydrogens is 873 g/mol. The van der Waals surface area contributed by atoms with E-state index in [0.29, 0.717) is 10.8 Å². The van der Waals surface area contributed by atoms with Gasteiger partial charge in [-0.05, 0) is 107 Å². The fourth-order valence-corrected chi connectivity index (χ4v) is 10.8. The van der Waals surface area contributed by atoms with Crippen LogP contribution in [0.5, 0.6) is 0 Å². The van der Waals surface area contributed by atoms with Crippen molar-refractivity contribution in [3.8, 4) is 0 Å². The predicted molar refractivity (Wildman–Crippen MR) is 276 cm³/mol. The van der Waals surface area contributed by atoms with Crippen LogP contribution in [0.15, 0.2) is 70.5 Å². The van der Waals surface area contributed by atoms with Crippen LogP contribution < -0.4 is 0 Å². The Hall–Kier alpha value is -1.52. The average molecular weight is 960 g/mol. The number of hydrogen-bond donors (Lipinski definition) is 0. The van der Waals surface area contributed by atoms with Gasteiger partial charge in [-0.2, -0.15) is 0 Å².